The summed E-state index contributed by atoms with van der Waals surface area (Å²) in [5, 5.41) is 0. The van der Waals surface area contributed by atoms with Crippen molar-refractivity contribution in [3.8, 4) is 0 Å². The summed E-state index contributed by atoms with van der Waals surface area (Å²) in [5.41, 5.74) is 2.80. The third kappa shape index (κ3) is 1.67. The van der Waals surface area contributed by atoms with Gasteiger partial charge in [0.1, 0.15) is 11.5 Å². The maximum atomic E-state index is 13.8. The zero-order valence-corrected chi connectivity index (χ0v) is 10.8. The Hall–Kier alpha value is -0.700. The smallest absolute Gasteiger partial charge is 0.150 e. The Balaban J connectivity index is 0.00000108. The van der Waals surface area contributed by atoms with Crippen LogP contribution in [0.4, 0.5) is 10.1 Å². The minimum absolute atomic E-state index is 0. The Kier molecular flexibility index (Phi) is 3.15. The molecule has 3 rings (SSSR count). The van der Waals surface area contributed by atoms with Crippen molar-refractivity contribution in [2.75, 3.05) is 0 Å². The largest absolute Gasteiger partial charge is 0.254 e. The molecule has 0 atom stereocenters. The topological polar surface area (TPSA) is 12.4 Å². The molecule has 17 heavy (non-hydrogen) atoms. The SMILES string of the molecule is C.CC1=Nc2c(F)cc(Br)cc2C12CCCC2. The van der Waals surface area contributed by atoms with Crippen LogP contribution >= 0.6 is 15.9 Å². The fourth-order valence-electron chi connectivity index (χ4n) is 3.12. The second-order valence-corrected chi connectivity index (χ2v) is 5.69. The van der Waals surface area contributed by atoms with E-state index >= 15 is 0 Å². The molecule has 0 unspecified atom stereocenters. The Morgan fingerprint density at radius 3 is 2.59 bits per heavy atom. The lowest BCUT2D eigenvalue weighted by Crippen LogP contribution is -2.27. The minimum Gasteiger partial charge on any atom is -0.254 e. The number of benzene rings is 1. The molecular weight excluding hydrogens is 281 g/mol. The lowest BCUT2D eigenvalue weighted by molar-refractivity contribution is 0.596. The molecule has 0 amide bonds. The summed E-state index contributed by atoms with van der Waals surface area (Å²) in [7, 11) is 0. The molecule has 0 radical (unpaired) electrons. The van der Waals surface area contributed by atoms with Gasteiger partial charge in [0.2, 0.25) is 0 Å². The summed E-state index contributed by atoms with van der Waals surface area (Å²) in [5.74, 6) is -0.201. The number of halogens is 2. The van der Waals surface area contributed by atoms with Gasteiger partial charge >= 0.3 is 0 Å². The van der Waals surface area contributed by atoms with Crippen LogP contribution in [0.15, 0.2) is 21.6 Å². The fourth-order valence-corrected chi connectivity index (χ4v) is 3.55. The van der Waals surface area contributed by atoms with Gasteiger partial charge in [-0.15, -0.1) is 0 Å². The summed E-state index contributed by atoms with van der Waals surface area (Å²) < 4.78 is 14.6. The predicted octanol–water partition coefficient (Wildman–Crippen LogP) is 5.14. The second-order valence-electron chi connectivity index (χ2n) is 4.77. The van der Waals surface area contributed by atoms with E-state index in [1.54, 1.807) is 0 Å². The van der Waals surface area contributed by atoms with Crippen LogP contribution in [-0.2, 0) is 5.41 Å². The summed E-state index contributed by atoms with van der Waals surface area (Å²) in [6.07, 6.45) is 4.68. The van der Waals surface area contributed by atoms with Gasteiger partial charge in [0, 0.05) is 15.6 Å². The van der Waals surface area contributed by atoms with Crippen molar-refractivity contribution in [2.45, 2.75) is 45.4 Å². The third-order valence-electron chi connectivity index (χ3n) is 3.97. The molecule has 1 nitrogen and oxygen atoms in total. The third-order valence-corrected chi connectivity index (χ3v) is 4.43. The minimum atomic E-state index is -0.201. The van der Waals surface area contributed by atoms with Crippen molar-refractivity contribution in [3.05, 3.63) is 28.0 Å². The van der Waals surface area contributed by atoms with Crippen LogP contribution in [-0.4, -0.2) is 5.71 Å². The summed E-state index contributed by atoms with van der Waals surface area (Å²) in [6, 6.07) is 3.55. The van der Waals surface area contributed by atoms with Crippen LogP contribution < -0.4 is 0 Å². The fraction of sp³-hybridized carbons (Fsp3) is 0.500. The zero-order chi connectivity index (χ0) is 11.3. The maximum Gasteiger partial charge on any atom is 0.150 e. The van der Waals surface area contributed by atoms with Gasteiger partial charge in [-0.3, -0.25) is 4.99 Å². The molecule has 1 aliphatic heterocycles. The van der Waals surface area contributed by atoms with Gasteiger partial charge in [0.25, 0.3) is 0 Å². The number of nitrogens with zero attached hydrogens (tertiary/aromatic N) is 1. The lowest BCUT2D eigenvalue weighted by Gasteiger charge is -2.25. The molecule has 3 heteroatoms. The van der Waals surface area contributed by atoms with Crippen molar-refractivity contribution >= 4 is 27.3 Å². The molecule has 1 heterocycles. The highest BCUT2D eigenvalue weighted by molar-refractivity contribution is 9.10. The summed E-state index contributed by atoms with van der Waals surface area (Å²) in [6.45, 7) is 2.04. The second kappa shape index (κ2) is 4.20. The summed E-state index contributed by atoms with van der Waals surface area (Å²) >= 11 is 3.38. The maximum absolute atomic E-state index is 13.8. The molecule has 1 aliphatic carbocycles. The van der Waals surface area contributed by atoms with Crippen molar-refractivity contribution in [3.63, 3.8) is 0 Å². The van der Waals surface area contributed by atoms with E-state index in [9.17, 15) is 4.39 Å². The standard InChI is InChI=1S/C13H13BrFN.CH4/c1-8-13(4-2-3-5-13)10-6-9(14)7-11(15)12(10)16-8;/h6-7H,2-5H2,1H3;1H4. The van der Waals surface area contributed by atoms with Crippen LogP contribution in [0.2, 0.25) is 0 Å². The number of fused-ring (bicyclic) bond motifs is 2. The normalized spacial score (nSPS) is 20.1. The zero-order valence-electron chi connectivity index (χ0n) is 9.19. The van der Waals surface area contributed by atoms with E-state index in [2.05, 4.69) is 20.9 Å². The summed E-state index contributed by atoms with van der Waals surface area (Å²) in [4.78, 5) is 4.45. The van der Waals surface area contributed by atoms with E-state index in [-0.39, 0.29) is 18.7 Å². The Bertz CT molecular complexity index is 487. The number of rotatable bonds is 0. The molecule has 0 N–H and O–H groups in total. The van der Waals surface area contributed by atoms with E-state index in [0.717, 1.165) is 28.6 Å². The average Bonchev–Trinajstić information content (AvgIpc) is 2.79. The Labute approximate surface area is 110 Å². The monoisotopic (exact) mass is 297 g/mol. The van der Waals surface area contributed by atoms with E-state index in [1.807, 2.05) is 13.0 Å². The molecule has 1 saturated carbocycles. The van der Waals surface area contributed by atoms with Crippen molar-refractivity contribution < 1.29 is 4.39 Å². The molecule has 92 valence electrons. The Morgan fingerprint density at radius 1 is 1.29 bits per heavy atom. The van der Waals surface area contributed by atoms with Crippen LogP contribution in [0.5, 0.6) is 0 Å². The van der Waals surface area contributed by atoms with E-state index in [1.165, 1.54) is 18.9 Å². The first kappa shape index (κ1) is 12.7. The molecule has 1 spiro atoms. The van der Waals surface area contributed by atoms with Gasteiger partial charge in [-0.25, -0.2) is 4.39 Å². The van der Waals surface area contributed by atoms with Gasteiger partial charge < -0.3 is 0 Å². The molecule has 2 aliphatic rings. The van der Waals surface area contributed by atoms with Crippen molar-refractivity contribution in [2.24, 2.45) is 4.99 Å². The van der Waals surface area contributed by atoms with Gasteiger partial charge in [-0.1, -0.05) is 36.2 Å². The quantitative estimate of drug-likeness (QED) is 0.628. The van der Waals surface area contributed by atoms with Crippen LogP contribution in [0.3, 0.4) is 0 Å². The van der Waals surface area contributed by atoms with Gasteiger partial charge in [0.05, 0.1) is 0 Å². The van der Waals surface area contributed by atoms with E-state index < -0.39 is 0 Å². The van der Waals surface area contributed by atoms with Crippen molar-refractivity contribution in [1.82, 2.24) is 0 Å². The van der Waals surface area contributed by atoms with Crippen LogP contribution in [0.25, 0.3) is 0 Å². The number of hydrogen-bond donors (Lipinski definition) is 0. The van der Waals surface area contributed by atoms with Gasteiger partial charge in [-0.05, 0) is 37.5 Å². The first-order valence-corrected chi connectivity index (χ1v) is 6.48. The molecule has 0 aromatic heterocycles. The first-order chi connectivity index (χ1) is 7.63. The molecule has 0 bridgehead atoms. The molecule has 1 aromatic rings. The molecule has 0 saturated heterocycles. The Morgan fingerprint density at radius 2 is 1.94 bits per heavy atom. The van der Waals surface area contributed by atoms with E-state index in [0.29, 0.717) is 5.69 Å². The number of aliphatic imine (C=N–C) groups is 1. The number of hydrogen-bond acceptors (Lipinski definition) is 1. The lowest BCUT2D eigenvalue weighted by atomic mass is 9.76. The highest BCUT2D eigenvalue weighted by Crippen LogP contribution is 2.51. The van der Waals surface area contributed by atoms with E-state index in [4.69, 9.17) is 0 Å². The first-order valence-electron chi connectivity index (χ1n) is 5.69. The van der Waals surface area contributed by atoms with Gasteiger partial charge in [-0.2, -0.15) is 0 Å². The van der Waals surface area contributed by atoms with Crippen LogP contribution in [0, 0.1) is 5.82 Å². The highest BCUT2D eigenvalue weighted by atomic mass is 79.9. The van der Waals surface area contributed by atoms with Crippen LogP contribution in [0.1, 0.15) is 45.6 Å². The average molecular weight is 298 g/mol. The molecular formula is C14H17BrFN. The molecule has 1 aromatic carbocycles. The van der Waals surface area contributed by atoms with Gasteiger partial charge in [0.15, 0.2) is 0 Å². The molecule has 1 fully saturated rings. The van der Waals surface area contributed by atoms with Crippen molar-refractivity contribution in [1.29, 1.82) is 0 Å². The highest BCUT2D eigenvalue weighted by Gasteiger charge is 2.44. The predicted molar refractivity (Wildman–Crippen MR) is 73.7 cm³/mol.